The van der Waals surface area contributed by atoms with Crippen LogP contribution in [0, 0.1) is 6.92 Å². The third kappa shape index (κ3) is 2.88. The number of nitrogens with one attached hydrogen (secondary N) is 1. The van der Waals surface area contributed by atoms with Gasteiger partial charge in [0.1, 0.15) is 0 Å². The van der Waals surface area contributed by atoms with Crippen molar-refractivity contribution < 1.29 is 8.42 Å². The number of thiophene rings is 1. The van der Waals surface area contributed by atoms with Crippen LogP contribution in [0.2, 0.25) is 5.02 Å². The van der Waals surface area contributed by atoms with Gasteiger partial charge in [0.2, 0.25) is 10.0 Å². The maximum Gasteiger partial charge on any atom is 0.240 e. The Morgan fingerprint density at radius 3 is 2.71 bits per heavy atom. The minimum Gasteiger partial charge on any atom is -0.210 e. The Bertz CT molecular complexity index is 750. The van der Waals surface area contributed by atoms with Crippen molar-refractivity contribution in [3.05, 3.63) is 51.2 Å². The molecule has 0 saturated heterocycles. The van der Waals surface area contributed by atoms with E-state index in [-0.39, 0.29) is 10.3 Å². The lowest BCUT2D eigenvalue weighted by atomic mass is 10.0. The van der Waals surface area contributed by atoms with Crippen LogP contribution in [0.5, 0.6) is 0 Å². The van der Waals surface area contributed by atoms with Crippen molar-refractivity contribution in [2.24, 2.45) is 0 Å². The predicted octanol–water partition coefficient (Wildman–Crippen LogP) is 3.72. The van der Waals surface area contributed by atoms with Crippen LogP contribution in [0.1, 0.15) is 24.0 Å². The SMILES string of the molecule is Cc1c(Cl)cccc1S(=O)(=O)NCC1(c2ccsc2)CC1. The monoisotopic (exact) mass is 341 g/mol. The summed E-state index contributed by atoms with van der Waals surface area (Å²) in [5.74, 6) is 0. The van der Waals surface area contributed by atoms with Gasteiger partial charge in [0.25, 0.3) is 0 Å². The fourth-order valence-electron chi connectivity index (χ4n) is 2.47. The molecule has 3 rings (SSSR count). The molecule has 1 aliphatic rings. The first-order chi connectivity index (χ1) is 9.95. The summed E-state index contributed by atoms with van der Waals surface area (Å²) in [4.78, 5) is 0.260. The molecule has 1 fully saturated rings. The summed E-state index contributed by atoms with van der Waals surface area (Å²) >= 11 is 7.66. The molecule has 21 heavy (non-hydrogen) atoms. The molecular weight excluding hydrogens is 326 g/mol. The number of hydrogen-bond donors (Lipinski definition) is 1. The van der Waals surface area contributed by atoms with Gasteiger partial charge in [-0.1, -0.05) is 17.7 Å². The second-order valence-corrected chi connectivity index (χ2v) is 8.40. The molecule has 0 aliphatic heterocycles. The van der Waals surface area contributed by atoms with Gasteiger partial charge < -0.3 is 0 Å². The molecule has 1 aliphatic carbocycles. The zero-order valence-electron chi connectivity index (χ0n) is 11.6. The van der Waals surface area contributed by atoms with E-state index in [4.69, 9.17) is 11.6 Å². The van der Waals surface area contributed by atoms with Gasteiger partial charge >= 0.3 is 0 Å². The average molecular weight is 342 g/mol. The molecule has 0 bridgehead atoms. The molecule has 1 aromatic heterocycles. The van der Waals surface area contributed by atoms with Crippen LogP contribution < -0.4 is 4.72 Å². The third-order valence-corrected chi connectivity index (χ3v) is 6.73. The van der Waals surface area contributed by atoms with Crippen molar-refractivity contribution >= 4 is 33.0 Å². The quantitative estimate of drug-likeness (QED) is 0.900. The molecular formula is C15H16ClNO2S2. The fourth-order valence-corrected chi connectivity index (χ4v) is 4.88. The highest BCUT2D eigenvalue weighted by Crippen LogP contribution is 2.48. The number of halogens is 1. The maximum absolute atomic E-state index is 12.5. The first-order valence-corrected chi connectivity index (χ1v) is 9.52. The topological polar surface area (TPSA) is 46.2 Å². The summed E-state index contributed by atoms with van der Waals surface area (Å²) in [5, 5.41) is 4.61. The van der Waals surface area contributed by atoms with Crippen molar-refractivity contribution in [3.8, 4) is 0 Å². The minimum atomic E-state index is -3.53. The van der Waals surface area contributed by atoms with Crippen molar-refractivity contribution in [2.75, 3.05) is 6.54 Å². The van der Waals surface area contributed by atoms with Gasteiger partial charge in [-0.05, 0) is 59.9 Å². The van der Waals surface area contributed by atoms with Crippen LogP contribution in [0.4, 0.5) is 0 Å². The number of hydrogen-bond acceptors (Lipinski definition) is 3. The minimum absolute atomic E-state index is 0.0143. The molecule has 1 aromatic carbocycles. The van der Waals surface area contributed by atoms with E-state index in [1.807, 2.05) is 5.38 Å². The second-order valence-electron chi connectivity index (χ2n) is 5.48. The van der Waals surface area contributed by atoms with E-state index in [1.165, 1.54) is 5.56 Å². The van der Waals surface area contributed by atoms with Crippen LogP contribution in [0.25, 0.3) is 0 Å². The second kappa shape index (κ2) is 5.39. The Hall–Kier alpha value is -0.880. The molecule has 0 atom stereocenters. The van der Waals surface area contributed by atoms with Crippen LogP contribution in [-0.4, -0.2) is 15.0 Å². The zero-order chi connectivity index (χ0) is 15.1. The van der Waals surface area contributed by atoms with E-state index in [1.54, 1.807) is 36.5 Å². The van der Waals surface area contributed by atoms with Gasteiger partial charge in [-0.25, -0.2) is 13.1 Å². The van der Waals surface area contributed by atoms with Crippen LogP contribution >= 0.6 is 22.9 Å². The Morgan fingerprint density at radius 1 is 1.33 bits per heavy atom. The van der Waals surface area contributed by atoms with Crippen LogP contribution in [0.3, 0.4) is 0 Å². The zero-order valence-corrected chi connectivity index (χ0v) is 14.0. The lowest BCUT2D eigenvalue weighted by molar-refractivity contribution is 0.567. The van der Waals surface area contributed by atoms with E-state index in [9.17, 15) is 8.42 Å². The highest BCUT2D eigenvalue weighted by molar-refractivity contribution is 7.89. The summed E-state index contributed by atoms with van der Waals surface area (Å²) in [6.07, 6.45) is 2.06. The van der Waals surface area contributed by atoms with E-state index >= 15 is 0 Å². The standard InChI is InChI=1S/C15H16ClNO2S2/c1-11-13(16)3-2-4-14(11)21(18,19)17-10-15(6-7-15)12-5-8-20-9-12/h2-5,8-9,17H,6-7,10H2,1H3. The molecule has 1 N–H and O–H groups in total. The number of benzene rings is 1. The van der Waals surface area contributed by atoms with E-state index in [0.717, 1.165) is 12.8 Å². The summed E-state index contributed by atoms with van der Waals surface area (Å²) in [5.41, 5.74) is 1.81. The predicted molar refractivity (Wildman–Crippen MR) is 86.6 cm³/mol. The van der Waals surface area contributed by atoms with Crippen molar-refractivity contribution in [1.82, 2.24) is 4.72 Å². The Labute approximate surface area is 134 Å². The van der Waals surface area contributed by atoms with Crippen molar-refractivity contribution in [3.63, 3.8) is 0 Å². The lowest BCUT2D eigenvalue weighted by Gasteiger charge is -2.16. The van der Waals surface area contributed by atoms with E-state index < -0.39 is 10.0 Å². The molecule has 0 radical (unpaired) electrons. The molecule has 0 unspecified atom stereocenters. The molecule has 1 saturated carbocycles. The molecule has 112 valence electrons. The normalized spacial score (nSPS) is 16.9. The largest absolute Gasteiger partial charge is 0.240 e. The maximum atomic E-state index is 12.5. The fraction of sp³-hybridized carbons (Fsp3) is 0.333. The highest BCUT2D eigenvalue weighted by Gasteiger charge is 2.45. The van der Waals surface area contributed by atoms with E-state index in [2.05, 4.69) is 16.2 Å². The summed E-state index contributed by atoms with van der Waals surface area (Å²) in [6.45, 7) is 2.17. The molecule has 6 heteroatoms. The Balaban J connectivity index is 1.80. The molecule has 0 amide bonds. The third-order valence-electron chi connectivity index (χ3n) is 4.10. The molecule has 0 spiro atoms. The first-order valence-electron chi connectivity index (χ1n) is 6.72. The molecule has 3 nitrogen and oxygen atoms in total. The number of rotatable bonds is 5. The van der Waals surface area contributed by atoms with Gasteiger partial charge in [0.15, 0.2) is 0 Å². The Morgan fingerprint density at radius 2 is 2.10 bits per heavy atom. The smallest absolute Gasteiger partial charge is 0.210 e. The Kier molecular flexibility index (Phi) is 3.86. The summed E-state index contributed by atoms with van der Waals surface area (Å²) in [6, 6.07) is 7.03. The van der Waals surface area contributed by atoms with E-state index in [0.29, 0.717) is 17.1 Å². The molecule has 2 aromatic rings. The molecule has 1 heterocycles. The van der Waals surface area contributed by atoms with Crippen LogP contribution in [-0.2, 0) is 15.4 Å². The van der Waals surface area contributed by atoms with Crippen molar-refractivity contribution in [2.45, 2.75) is 30.1 Å². The van der Waals surface area contributed by atoms with Gasteiger partial charge in [0.05, 0.1) is 4.90 Å². The van der Waals surface area contributed by atoms with Crippen LogP contribution in [0.15, 0.2) is 39.9 Å². The number of sulfonamides is 1. The summed E-state index contributed by atoms with van der Waals surface area (Å²) in [7, 11) is -3.53. The van der Waals surface area contributed by atoms with Gasteiger partial charge in [-0.2, -0.15) is 11.3 Å². The van der Waals surface area contributed by atoms with Gasteiger partial charge in [-0.3, -0.25) is 0 Å². The average Bonchev–Trinajstić information content (AvgIpc) is 3.04. The highest BCUT2D eigenvalue weighted by atomic mass is 35.5. The van der Waals surface area contributed by atoms with Crippen molar-refractivity contribution in [1.29, 1.82) is 0 Å². The van der Waals surface area contributed by atoms with Gasteiger partial charge in [0, 0.05) is 17.0 Å². The summed E-state index contributed by atoms with van der Waals surface area (Å²) < 4.78 is 27.7. The van der Waals surface area contributed by atoms with Gasteiger partial charge in [-0.15, -0.1) is 0 Å². The lowest BCUT2D eigenvalue weighted by Crippen LogP contribution is -2.32. The first kappa shape index (κ1) is 15.0.